The number of aliphatic carboxylic acids is 1. The fraction of sp³-hybridized carbons (Fsp3) is 0.467. The topological polar surface area (TPSA) is 60.9 Å². The number of carboxylic acids is 1. The van der Waals surface area contributed by atoms with Crippen molar-refractivity contribution in [3.05, 3.63) is 29.3 Å². The van der Waals surface area contributed by atoms with Gasteiger partial charge in [0.15, 0.2) is 0 Å². The monoisotopic (exact) mass is 276 g/mol. The molecular weight excluding hydrogens is 256 g/mol. The SMILES string of the molecule is Cc1ccc(N(C)C(=O)N(CC(=O)O)C2CC2)c(C)c1. The van der Waals surface area contributed by atoms with Gasteiger partial charge in [0, 0.05) is 18.8 Å². The highest BCUT2D eigenvalue weighted by atomic mass is 16.4. The van der Waals surface area contributed by atoms with Crippen LogP contribution in [0.2, 0.25) is 0 Å². The van der Waals surface area contributed by atoms with E-state index >= 15 is 0 Å². The van der Waals surface area contributed by atoms with Gasteiger partial charge in [0.2, 0.25) is 0 Å². The Morgan fingerprint density at radius 2 is 1.95 bits per heavy atom. The number of carbonyl (C=O) groups is 2. The molecule has 0 atom stereocenters. The molecule has 1 aliphatic carbocycles. The van der Waals surface area contributed by atoms with Crippen LogP contribution < -0.4 is 4.90 Å². The van der Waals surface area contributed by atoms with Gasteiger partial charge >= 0.3 is 12.0 Å². The van der Waals surface area contributed by atoms with E-state index in [0.29, 0.717) is 0 Å². The molecule has 0 unspecified atom stereocenters. The van der Waals surface area contributed by atoms with Gasteiger partial charge in [-0.3, -0.25) is 9.69 Å². The molecule has 1 aromatic carbocycles. The summed E-state index contributed by atoms with van der Waals surface area (Å²) in [5.74, 6) is -0.973. The van der Waals surface area contributed by atoms with Crippen LogP contribution in [0.25, 0.3) is 0 Å². The van der Waals surface area contributed by atoms with Crippen LogP contribution in [0.3, 0.4) is 0 Å². The highest BCUT2D eigenvalue weighted by Crippen LogP contribution is 2.29. The lowest BCUT2D eigenvalue weighted by atomic mass is 10.1. The Morgan fingerprint density at radius 1 is 1.30 bits per heavy atom. The summed E-state index contributed by atoms with van der Waals surface area (Å²) in [6.45, 7) is 3.71. The molecule has 1 fully saturated rings. The number of rotatable bonds is 4. The van der Waals surface area contributed by atoms with E-state index in [1.165, 1.54) is 9.80 Å². The van der Waals surface area contributed by atoms with Crippen LogP contribution in [0, 0.1) is 13.8 Å². The van der Waals surface area contributed by atoms with Crippen molar-refractivity contribution in [1.82, 2.24) is 4.90 Å². The van der Waals surface area contributed by atoms with E-state index in [9.17, 15) is 9.59 Å². The first-order valence-corrected chi connectivity index (χ1v) is 6.73. The van der Waals surface area contributed by atoms with Crippen molar-refractivity contribution >= 4 is 17.7 Å². The number of carboxylic acid groups (broad SMARTS) is 1. The minimum Gasteiger partial charge on any atom is -0.480 e. The molecule has 5 nitrogen and oxygen atoms in total. The van der Waals surface area contributed by atoms with Gasteiger partial charge in [-0.25, -0.2) is 4.79 Å². The molecule has 1 aliphatic rings. The van der Waals surface area contributed by atoms with Crippen LogP contribution in [-0.2, 0) is 4.79 Å². The van der Waals surface area contributed by atoms with Crippen molar-refractivity contribution in [3.63, 3.8) is 0 Å². The fourth-order valence-electron chi connectivity index (χ4n) is 2.36. The average Bonchev–Trinajstić information content (AvgIpc) is 3.18. The first-order valence-electron chi connectivity index (χ1n) is 6.73. The summed E-state index contributed by atoms with van der Waals surface area (Å²) in [6.07, 6.45) is 1.78. The number of anilines is 1. The maximum absolute atomic E-state index is 12.5. The number of amides is 2. The van der Waals surface area contributed by atoms with E-state index in [2.05, 4.69) is 0 Å². The summed E-state index contributed by atoms with van der Waals surface area (Å²) in [4.78, 5) is 26.4. The molecular formula is C15H20N2O3. The summed E-state index contributed by atoms with van der Waals surface area (Å²) >= 11 is 0. The van der Waals surface area contributed by atoms with Gasteiger partial charge in [0.1, 0.15) is 6.54 Å². The van der Waals surface area contributed by atoms with Gasteiger partial charge in [-0.15, -0.1) is 0 Å². The van der Waals surface area contributed by atoms with E-state index in [1.54, 1.807) is 7.05 Å². The first-order chi connectivity index (χ1) is 9.40. The van der Waals surface area contributed by atoms with Crippen LogP contribution in [0.15, 0.2) is 18.2 Å². The zero-order valence-corrected chi connectivity index (χ0v) is 12.1. The summed E-state index contributed by atoms with van der Waals surface area (Å²) < 4.78 is 0. The molecule has 0 aromatic heterocycles. The molecule has 0 saturated heterocycles. The molecule has 1 N–H and O–H groups in total. The van der Waals surface area contributed by atoms with E-state index in [4.69, 9.17) is 5.11 Å². The smallest absolute Gasteiger partial charge is 0.325 e. The van der Waals surface area contributed by atoms with E-state index in [0.717, 1.165) is 29.7 Å². The lowest BCUT2D eigenvalue weighted by molar-refractivity contribution is -0.137. The molecule has 2 amide bonds. The summed E-state index contributed by atoms with van der Waals surface area (Å²) in [5, 5.41) is 8.94. The normalized spacial score (nSPS) is 13.9. The van der Waals surface area contributed by atoms with Crippen LogP contribution in [0.4, 0.5) is 10.5 Å². The minimum absolute atomic E-state index is 0.0757. The zero-order chi connectivity index (χ0) is 14.9. The van der Waals surface area contributed by atoms with Crippen LogP contribution in [-0.4, -0.2) is 41.6 Å². The Kier molecular flexibility index (Phi) is 3.97. The van der Waals surface area contributed by atoms with Gasteiger partial charge in [-0.1, -0.05) is 17.7 Å². The van der Waals surface area contributed by atoms with Crippen molar-refractivity contribution in [1.29, 1.82) is 0 Å². The number of hydrogen-bond acceptors (Lipinski definition) is 2. The number of hydrogen-bond donors (Lipinski definition) is 1. The molecule has 2 rings (SSSR count). The maximum atomic E-state index is 12.5. The van der Waals surface area contributed by atoms with Gasteiger partial charge in [0.05, 0.1) is 0 Å². The van der Waals surface area contributed by atoms with E-state index in [-0.39, 0.29) is 18.6 Å². The zero-order valence-electron chi connectivity index (χ0n) is 12.1. The second-order valence-corrected chi connectivity index (χ2v) is 5.38. The van der Waals surface area contributed by atoms with Crippen LogP contribution in [0.5, 0.6) is 0 Å². The molecule has 0 heterocycles. The third-order valence-corrected chi connectivity index (χ3v) is 3.54. The Bertz CT molecular complexity index is 538. The molecule has 1 aromatic rings. The second-order valence-electron chi connectivity index (χ2n) is 5.38. The summed E-state index contributed by atoms with van der Waals surface area (Å²) in [7, 11) is 1.69. The van der Waals surface area contributed by atoms with Crippen molar-refractivity contribution in [2.75, 3.05) is 18.5 Å². The quantitative estimate of drug-likeness (QED) is 0.918. The Labute approximate surface area is 118 Å². The first kappa shape index (κ1) is 14.4. The highest BCUT2D eigenvalue weighted by molar-refractivity contribution is 5.94. The maximum Gasteiger partial charge on any atom is 0.325 e. The number of nitrogens with zero attached hydrogens (tertiary/aromatic N) is 2. The third kappa shape index (κ3) is 3.10. The van der Waals surface area contributed by atoms with Crippen LogP contribution in [0.1, 0.15) is 24.0 Å². The van der Waals surface area contributed by atoms with Gasteiger partial charge in [-0.05, 0) is 38.3 Å². The predicted molar refractivity (Wildman–Crippen MR) is 77.1 cm³/mol. The molecule has 1 saturated carbocycles. The van der Waals surface area contributed by atoms with Crippen molar-refractivity contribution in [3.8, 4) is 0 Å². The van der Waals surface area contributed by atoms with Gasteiger partial charge < -0.3 is 10.0 Å². The van der Waals surface area contributed by atoms with Gasteiger partial charge in [0.25, 0.3) is 0 Å². The summed E-state index contributed by atoms with van der Waals surface area (Å²) in [6, 6.07) is 5.69. The number of benzene rings is 1. The van der Waals surface area contributed by atoms with E-state index < -0.39 is 5.97 Å². The van der Waals surface area contributed by atoms with Crippen molar-refractivity contribution in [2.45, 2.75) is 32.7 Å². The van der Waals surface area contributed by atoms with Crippen molar-refractivity contribution in [2.24, 2.45) is 0 Å². The fourth-order valence-corrected chi connectivity index (χ4v) is 2.36. The standard InChI is InChI=1S/C15H20N2O3/c1-10-4-7-13(11(2)8-10)16(3)15(20)17(9-14(18)19)12-5-6-12/h4,7-8,12H,5-6,9H2,1-3H3,(H,18,19). The van der Waals surface area contributed by atoms with Crippen LogP contribution >= 0.6 is 0 Å². The van der Waals surface area contributed by atoms with Gasteiger partial charge in [-0.2, -0.15) is 0 Å². The molecule has 0 bridgehead atoms. The number of urea groups is 1. The number of aryl methyl sites for hydroxylation is 2. The third-order valence-electron chi connectivity index (χ3n) is 3.54. The highest BCUT2D eigenvalue weighted by Gasteiger charge is 2.35. The molecule has 5 heteroatoms. The predicted octanol–water partition coefficient (Wildman–Crippen LogP) is 2.41. The average molecular weight is 276 g/mol. The Morgan fingerprint density at radius 3 is 2.45 bits per heavy atom. The molecule has 20 heavy (non-hydrogen) atoms. The molecule has 108 valence electrons. The Balaban J connectivity index is 2.19. The lowest BCUT2D eigenvalue weighted by Gasteiger charge is -2.28. The minimum atomic E-state index is -0.973. The molecule has 0 aliphatic heterocycles. The van der Waals surface area contributed by atoms with E-state index in [1.807, 2.05) is 32.0 Å². The lowest BCUT2D eigenvalue weighted by Crippen LogP contribution is -2.45. The number of carbonyl (C=O) groups excluding carboxylic acids is 1. The van der Waals surface area contributed by atoms with Crippen molar-refractivity contribution < 1.29 is 14.7 Å². The largest absolute Gasteiger partial charge is 0.480 e. The second kappa shape index (κ2) is 5.53. The molecule has 0 spiro atoms. The summed E-state index contributed by atoms with van der Waals surface area (Å²) in [5.41, 5.74) is 2.96. The molecule has 0 radical (unpaired) electrons. The Hall–Kier alpha value is -2.04.